The molecule has 1 unspecified atom stereocenters. The Morgan fingerprint density at radius 2 is 1.36 bits per heavy atom. The molecule has 3 N–H and O–H groups in total. The summed E-state index contributed by atoms with van der Waals surface area (Å²) in [5, 5.41) is 4.96. The van der Waals surface area contributed by atoms with E-state index in [2.05, 4.69) is 16.1 Å². The second-order valence-corrected chi connectivity index (χ2v) is 7.92. The van der Waals surface area contributed by atoms with Crippen LogP contribution in [0.4, 0.5) is 9.59 Å². The minimum absolute atomic E-state index is 0.0116. The number of alkyl carbamates (subject to hydrolysis) is 2. The van der Waals surface area contributed by atoms with Gasteiger partial charge in [-0.25, -0.2) is 19.3 Å². The van der Waals surface area contributed by atoms with Crippen molar-refractivity contribution in [1.29, 1.82) is 0 Å². The van der Waals surface area contributed by atoms with Crippen molar-refractivity contribution in [2.24, 2.45) is 0 Å². The van der Waals surface area contributed by atoms with E-state index < -0.39 is 24.2 Å². The van der Waals surface area contributed by atoms with Gasteiger partial charge in [0.15, 0.2) is 13.2 Å². The molecule has 3 aromatic heterocycles. The molecule has 0 bridgehead atoms. The number of hydrogen-bond acceptors (Lipinski definition) is 12. The molecule has 212 valence electrons. The summed E-state index contributed by atoms with van der Waals surface area (Å²) in [4.78, 5) is 46.4. The van der Waals surface area contributed by atoms with Gasteiger partial charge in [0.1, 0.15) is 36.5 Å². The van der Waals surface area contributed by atoms with Crippen LogP contribution in [-0.4, -0.2) is 43.9 Å². The van der Waals surface area contributed by atoms with E-state index in [1.54, 1.807) is 36.4 Å². The third-order valence-electron chi connectivity index (χ3n) is 4.96. The monoisotopic (exact) mass is 549 g/mol. The Morgan fingerprint density at radius 1 is 0.744 bits per heavy atom. The van der Waals surface area contributed by atoms with Crippen LogP contribution in [0.1, 0.15) is 36.5 Å². The van der Waals surface area contributed by atoms with Crippen molar-refractivity contribution in [2.75, 3.05) is 19.7 Å². The van der Waals surface area contributed by atoms with Gasteiger partial charge in [-0.2, -0.15) is 5.48 Å². The fourth-order valence-electron chi connectivity index (χ4n) is 3.06. The van der Waals surface area contributed by atoms with Gasteiger partial charge < -0.3 is 38.1 Å². The van der Waals surface area contributed by atoms with Crippen molar-refractivity contribution in [1.82, 2.24) is 16.1 Å². The third-order valence-corrected chi connectivity index (χ3v) is 4.96. The highest BCUT2D eigenvalue weighted by Gasteiger charge is 2.23. The maximum Gasteiger partial charge on any atom is 0.408 e. The summed E-state index contributed by atoms with van der Waals surface area (Å²) in [5.74, 6) is 0.882. The first-order valence-electron chi connectivity index (χ1n) is 12.2. The van der Waals surface area contributed by atoms with E-state index in [9.17, 15) is 14.4 Å². The maximum absolute atomic E-state index is 12.6. The number of esters is 1. The average Bonchev–Trinajstić information content (AvgIpc) is 3.74. The van der Waals surface area contributed by atoms with E-state index in [4.69, 9.17) is 37.3 Å². The van der Waals surface area contributed by atoms with Crippen molar-refractivity contribution in [3.05, 3.63) is 72.5 Å². The lowest BCUT2D eigenvalue weighted by atomic mass is 10.1. The highest BCUT2D eigenvalue weighted by atomic mass is 17.3. The number of unbranched alkanes of at least 4 members (excludes halogenated alkanes) is 1. The number of rotatable bonds is 18. The van der Waals surface area contributed by atoms with Crippen LogP contribution < -0.4 is 16.1 Å². The van der Waals surface area contributed by atoms with Crippen molar-refractivity contribution >= 4 is 18.2 Å². The standard InChI is InChI=1S/C25H31N3O11/c29-23(35-15-11-26-24(30)36-16-19-6-3-12-32-19)22(28-25(31)37-17-20-7-4-13-33-20)9-1-2-10-27-39-38-18-21-8-5-14-34-21/h3-8,12-14,22,27H,1-2,9-11,15-18H2,(H,26,30)(H,28,31). The second kappa shape index (κ2) is 17.3. The van der Waals surface area contributed by atoms with Gasteiger partial charge in [0.05, 0.1) is 25.3 Å². The molecule has 0 aliphatic heterocycles. The summed E-state index contributed by atoms with van der Waals surface area (Å²) in [6.45, 7) is 0.334. The summed E-state index contributed by atoms with van der Waals surface area (Å²) >= 11 is 0. The maximum atomic E-state index is 12.6. The van der Waals surface area contributed by atoms with Crippen molar-refractivity contribution in [3.63, 3.8) is 0 Å². The highest BCUT2D eigenvalue weighted by molar-refractivity contribution is 5.81. The van der Waals surface area contributed by atoms with E-state index in [1.807, 2.05) is 0 Å². The van der Waals surface area contributed by atoms with Crippen LogP contribution in [0, 0.1) is 0 Å². The number of carbonyl (C=O) groups excluding carboxylic acids is 3. The highest BCUT2D eigenvalue weighted by Crippen LogP contribution is 2.07. The molecule has 0 radical (unpaired) electrons. The molecule has 2 amide bonds. The Balaban J connectivity index is 1.33. The molecule has 0 spiro atoms. The molecule has 39 heavy (non-hydrogen) atoms. The molecule has 3 heterocycles. The minimum Gasteiger partial charge on any atom is -0.467 e. The molecular weight excluding hydrogens is 518 g/mol. The topological polar surface area (TPSA) is 173 Å². The zero-order chi connectivity index (χ0) is 27.5. The first kappa shape index (κ1) is 29.3. The van der Waals surface area contributed by atoms with Gasteiger partial charge in [-0.15, -0.1) is 4.99 Å². The first-order valence-corrected chi connectivity index (χ1v) is 12.2. The molecule has 3 aromatic rings. The molecule has 0 aliphatic rings. The van der Waals surface area contributed by atoms with E-state index in [1.165, 1.54) is 18.8 Å². The number of ether oxygens (including phenoxy) is 3. The van der Waals surface area contributed by atoms with Crippen molar-refractivity contribution < 1.29 is 51.7 Å². The van der Waals surface area contributed by atoms with Gasteiger partial charge in [0.25, 0.3) is 0 Å². The van der Waals surface area contributed by atoms with Gasteiger partial charge in [-0.05, 0) is 55.7 Å². The summed E-state index contributed by atoms with van der Waals surface area (Å²) in [6.07, 6.45) is 4.35. The lowest BCUT2D eigenvalue weighted by molar-refractivity contribution is -0.346. The van der Waals surface area contributed by atoms with Crippen LogP contribution in [0.3, 0.4) is 0 Å². The molecule has 14 heteroatoms. The molecule has 0 aliphatic carbocycles. The van der Waals surface area contributed by atoms with Crippen molar-refractivity contribution in [2.45, 2.75) is 45.1 Å². The zero-order valence-corrected chi connectivity index (χ0v) is 21.1. The van der Waals surface area contributed by atoms with Crippen LogP contribution in [0.15, 0.2) is 68.4 Å². The van der Waals surface area contributed by atoms with E-state index in [-0.39, 0.29) is 39.4 Å². The number of nitrogens with one attached hydrogen (secondary N) is 3. The van der Waals surface area contributed by atoms with Crippen LogP contribution in [0.2, 0.25) is 0 Å². The Bertz CT molecular complexity index is 1070. The Hall–Kier alpha value is -4.27. The third kappa shape index (κ3) is 12.2. The number of hydrogen-bond donors (Lipinski definition) is 3. The molecule has 1 atom stereocenters. The normalized spacial score (nSPS) is 11.5. The summed E-state index contributed by atoms with van der Waals surface area (Å²) < 4.78 is 30.6. The predicted molar refractivity (Wildman–Crippen MR) is 130 cm³/mol. The Morgan fingerprint density at radius 3 is 1.97 bits per heavy atom. The van der Waals surface area contributed by atoms with Crippen LogP contribution in [0.25, 0.3) is 0 Å². The van der Waals surface area contributed by atoms with Gasteiger partial charge in [-0.3, -0.25) is 0 Å². The zero-order valence-electron chi connectivity index (χ0n) is 21.1. The lowest BCUT2D eigenvalue weighted by Crippen LogP contribution is -2.43. The van der Waals surface area contributed by atoms with Gasteiger partial charge in [0, 0.05) is 6.54 Å². The average molecular weight is 550 g/mol. The Kier molecular flexibility index (Phi) is 13.0. The molecule has 3 rings (SSSR count). The van der Waals surface area contributed by atoms with Gasteiger partial charge in [-0.1, -0.05) is 0 Å². The number of furan rings is 3. The second-order valence-electron chi connectivity index (χ2n) is 7.92. The van der Waals surface area contributed by atoms with E-state index >= 15 is 0 Å². The van der Waals surface area contributed by atoms with Crippen LogP contribution in [0.5, 0.6) is 0 Å². The van der Waals surface area contributed by atoms with Gasteiger partial charge >= 0.3 is 18.2 Å². The summed E-state index contributed by atoms with van der Waals surface area (Å²) in [5.41, 5.74) is 2.64. The molecule has 0 saturated carbocycles. The molecule has 0 aromatic carbocycles. The summed E-state index contributed by atoms with van der Waals surface area (Å²) in [7, 11) is 0. The predicted octanol–water partition coefficient (Wildman–Crippen LogP) is 3.35. The number of carbonyl (C=O) groups is 3. The fraction of sp³-hybridized carbons (Fsp3) is 0.400. The van der Waals surface area contributed by atoms with Crippen molar-refractivity contribution in [3.8, 4) is 0 Å². The molecule has 0 saturated heterocycles. The smallest absolute Gasteiger partial charge is 0.408 e. The molecule has 0 fully saturated rings. The SMILES string of the molecule is O=C(NCCOC(=O)C(CCCCNOOCc1ccco1)NC(=O)OCc1ccco1)OCc1ccco1. The quantitative estimate of drug-likeness (QED) is 0.0695. The van der Waals surface area contributed by atoms with E-state index in [0.717, 1.165) is 0 Å². The lowest BCUT2D eigenvalue weighted by Gasteiger charge is -2.17. The number of amides is 2. The van der Waals surface area contributed by atoms with Crippen LogP contribution >= 0.6 is 0 Å². The fourth-order valence-corrected chi connectivity index (χ4v) is 3.06. The number of hydroxylamine groups is 1. The van der Waals surface area contributed by atoms with Gasteiger partial charge in [0.2, 0.25) is 0 Å². The Labute approximate surface area is 223 Å². The van der Waals surface area contributed by atoms with Crippen LogP contribution in [-0.2, 0) is 48.7 Å². The first-order chi connectivity index (χ1) is 19.1. The minimum atomic E-state index is -0.976. The molecule has 14 nitrogen and oxygen atoms in total. The van der Waals surface area contributed by atoms with E-state index in [0.29, 0.717) is 36.7 Å². The summed E-state index contributed by atoms with van der Waals surface area (Å²) in [6, 6.07) is 9.17. The largest absolute Gasteiger partial charge is 0.467 e. The molecular formula is C25H31N3O11.